The predicted octanol–water partition coefficient (Wildman–Crippen LogP) is 2.59. The van der Waals surface area contributed by atoms with Gasteiger partial charge in [0.1, 0.15) is 0 Å². The van der Waals surface area contributed by atoms with Crippen molar-refractivity contribution in [1.82, 2.24) is 5.32 Å². The van der Waals surface area contributed by atoms with Crippen molar-refractivity contribution < 1.29 is 4.79 Å². The van der Waals surface area contributed by atoms with Gasteiger partial charge in [0.25, 0.3) is 0 Å². The first-order valence-electron chi connectivity index (χ1n) is 7.74. The van der Waals surface area contributed by atoms with Crippen LogP contribution < -0.4 is 11.1 Å². The Morgan fingerprint density at radius 3 is 2.44 bits per heavy atom. The van der Waals surface area contributed by atoms with E-state index in [-0.39, 0.29) is 17.9 Å². The summed E-state index contributed by atoms with van der Waals surface area (Å²) in [7, 11) is 0. The van der Waals surface area contributed by atoms with Gasteiger partial charge in [0.05, 0.1) is 5.92 Å². The van der Waals surface area contributed by atoms with Crippen LogP contribution in [0.3, 0.4) is 0 Å². The third-order valence-corrected chi connectivity index (χ3v) is 4.85. The van der Waals surface area contributed by atoms with E-state index in [0.717, 1.165) is 25.7 Å². The number of hydrogen-bond donors (Lipinski definition) is 2. The van der Waals surface area contributed by atoms with Gasteiger partial charge >= 0.3 is 0 Å². The fourth-order valence-corrected chi connectivity index (χ4v) is 3.48. The molecule has 3 N–H and O–H groups in total. The molecule has 0 bridgehead atoms. The minimum absolute atomic E-state index is 0.0641. The summed E-state index contributed by atoms with van der Waals surface area (Å²) in [4.78, 5) is 12.3. The number of nitrogens with two attached hydrogens (primary N) is 1. The Morgan fingerprint density at radius 2 is 1.67 bits per heavy atom. The Morgan fingerprint density at radius 1 is 1.00 bits per heavy atom. The summed E-state index contributed by atoms with van der Waals surface area (Å²) in [6.45, 7) is 2.27. The molecule has 4 unspecified atom stereocenters. The van der Waals surface area contributed by atoms with Crippen LogP contribution >= 0.6 is 0 Å². The van der Waals surface area contributed by atoms with Gasteiger partial charge in [-0.2, -0.15) is 0 Å². The average Bonchev–Trinajstić information content (AvgIpc) is 2.55. The lowest BCUT2D eigenvalue weighted by Gasteiger charge is -2.31. The van der Waals surface area contributed by atoms with Crippen LogP contribution in [0.5, 0.6) is 0 Å². The van der Waals surface area contributed by atoms with Gasteiger partial charge in [0.2, 0.25) is 5.91 Å². The van der Waals surface area contributed by atoms with Crippen LogP contribution in [-0.2, 0) is 4.79 Å². The van der Waals surface area contributed by atoms with E-state index >= 15 is 0 Å². The zero-order chi connectivity index (χ0) is 13.0. The highest BCUT2D eigenvalue weighted by molar-refractivity contribution is 5.79. The Bertz CT molecular complexity index is 280. The van der Waals surface area contributed by atoms with Gasteiger partial charge in [-0.1, -0.05) is 39.0 Å². The van der Waals surface area contributed by atoms with E-state index in [1.54, 1.807) is 0 Å². The monoisotopic (exact) mass is 252 g/mol. The minimum atomic E-state index is 0.0641. The van der Waals surface area contributed by atoms with Crippen LogP contribution in [0.15, 0.2) is 0 Å². The third-order valence-electron chi connectivity index (χ3n) is 4.85. The van der Waals surface area contributed by atoms with Crippen LogP contribution in [0.4, 0.5) is 0 Å². The van der Waals surface area contributed by atoms with Gasteiger partial charge in [0, 0.05) is 12.1 Å². The molecule has 2 aliphatic rings. The molecule has 18 heavy (non-hydrogen) atoms. The molecule has 3 nitrogen and oxygen atoms in total. The molecule has 0 heterocycles. The number of nitrogens with one attached hydrogen (secondary N) is 1. The second kappa shape index (κ2) is 6.55. The van der Waals surface area contributed by atoms with Gasteiger partial charge in [-0.05, 0) is 31.6 Å². The number of rotatable bonds is 2. The predicted molar refractivity (Wildman–Crippen MR) is 74.1 cm³/mol. The Balaban J connectivity index is 1.88. The molecule has 4 atom stereocenters. The second-order valence-electron chi connectivity index (χ2n) is 6.29. The maximum atomic E-state index is 12.3. The van der Waals surface area contributed by atoms with Crippen LogP contribution in [0.2, 0.25) is 0 Å². The molecule has 2 saturated carbocycles. The molecule has 0 aromatic heterocycles. The van der Waals surface area contributed by atoms with Gasteiger partial charge in [-0.15, -0.1) is 0 Å². The molecule has 1 amide bonds. The van der Waals surface area contributed by atoms with E-state index in [1.165, 1.54) is 32.1 Å². The topological polar surface area (TPSA) is 55.1 Å². The quantitative estimate of drug-likeness (QED) is 0.742. The largest absolute Gasteiger partial charge is 0.353 e. The maximum absolute atomic E-state index is 12.3. The first kappa shape index (κ1) is 13.9. The van der Waals surface area contributed by atoms with Crippen molar-refractivity contribution in [1.29, 1.82) is 0 Å². The number of carbonyl (C=O) groups excluding carboxylic acids is 1. The standard InChI is InChI=1S/C15H28N2O/c1-11-7-3-2-4-10-14(11)17-15(18)12-8-5-6-9-13(12)16/h11-14H,2-10,16H2,1H3,(H,17,18). The van der Waals surface area contributed by atoms with Crippen molar-refractivity contribution in [2.24, 2.45) is 17.6 Å². The van der Waals surface area contributed by atoms with E-state index < -0.39 is 0 Å². The fraction of sp³-hybridized carbons (Fsp3) is 0.933. The zero-order valence-corrected chi connectivity index (χ0v) is 11.7. The summed E-state index contributed by atoms with van der Waals surface area (Å²) in [5.41, 5.74) is 6.09. The molecule has 0 aromatic carbocycles. The average molecular weight is 252 g/mol. The molecular weight excluding hydrogens is 224 g/mol. The lowest BCUT2D eigenvalue weighted by Crippen LogP contribution is -2.48. The first-order chi connectivity index (χ1) is 8.68. The highest BCUT2D eigenvalue weighted by atomic mass is 16.2. The van der Waals surface area contributed by atoms with Crippen molar-refractivity contribution in [3.63, 3.8) is 0 Å². The SMILES string of the molecule is CC1CCCCCC1NC(=O)C1CCCCC1N. The summed E-state index contributed by atoms with van der Waals surface area (Å²) >= 11 is 0. The summed E-state index contributed by atoms with van der Waals surface area (Å²) in [6, 6.07) is 0.467. The first-order valence-corrected chi connectivity index (χ1v) is 7.74. The third kappa shape index (κ3) is 3.47. The van der Waals surface area contributed by atoms with Crippen LogP contribution in [-0.4, -0.2) is 18.0 Å². The van der Waals surface area contributed by atoms with E-state index in [4.69, 9.17) is 5.73 Å². The van der Waals surface area contributed by atoms with Crippen molar-refractivity contribution in [3.8, 4) is 0 Å². The second-order valence-corrected chi connectivity index (χ2v) is 6.29. The zero-order valence-electron chi connectivity index (χ0n) is 11.7. The van der Waals surface area contributed by atoms with Gasteiger partial charge in [-0.3, -0.25) is 4.79 Å². The van der Waals surface area contributed by atoms with Crippen LogP contribution in [0.25, 0.3) is 0 Å². The molecule has 0 radical (unpaired) electrons. The number of hydrogen-bond acceptors (Lipinski definition) is 2. The molecule has 104 valence electrons. The molecule has 0 aromatic rings. The van der Waals surface area contributed by atoms with Crippen molar-refractivity contribution in [3.05, 3.63) is 0 Å². The molecular formula is C15H28N2O. The van der Waals surface area contributed by atoms with Crippen molar-refractivity contribution in [2.75, 3.05) is 0 Å². The van der Waals surface area contributed by atoms with E-state index in [1.807, 2.05) is 0 Å². The fourth-order valence-electron chi connectivity index (χ4n) is 3.48. The molecule has 2 rings (SSSR count). The number of amides is 1. The molecule has 3 heteroatoms. The molecule has 0 spiro atoms. The van der Waals surface area contributed by atoms with Crippen molar-refractivity contribution >= 4 is 5.91 Å². The van der Waals surface area contributed by atoms with Crippen LogP contribution in [0, 0.1) is 11.8 Å². The maximum Gasteiger partial charge on any atom is 0.224 e. The van der Waals surface area contributed by atoms with E-state index in [9.17, 15) is 4.79 Å². The Kier molecular flexibility index (Phi) is 5.04. The summed E-state index contributed by atoms with van der Waals surface area (Å²) in [5, 5.41) is 3.29. The Hall–Kier alpha value is -0.570. The minimum Gasteiger partial charge on any atom is -0.353 e. The molecule has 0 aliphatic heterocycles. The van der Waals surface area contributed by atoms with E-state index in [2.05, 4.69) is 12.2 Å². The Labute approximate surface area is 111 Å². The van der Waals surface area contributed by atoms with Crippen molar-refractivity contribution in [2.45, 2.75) is 76.8 Å². The molecule has 0 saturated heterocycles. The molecule has 2 aliphatic carbocycles. The lowest BCUT2D eigenvalue weighted by atomic mass is 9.84. The highest BCUT2D eigenvalue weighted by Gasteiger charge is 2.30. The van der Waals surface area contributed by atoms with Gasteiger partial charge in [0.15, 0.2) is 0 Å². The smallest absolute Gasteiger partial charge is 0.224 e. The van der Waals surface area contributed by atoms with Gasteiger partial charge in [-0.25, -0.2) is 0 Å². The summed E-state index contributed by atoms with van der Waals surface area (Å²) < 4.78 is 0. The van der Waals surface area contributed by atoms with Crippen LogP contribution in [0.1, 0.15) is 64.7 Å². The summed E-state index contributed by atoms with van der Waals surface area (Å²) in [6.07, 6.45) is 10.6. The lowest BCUT2D eigenvalue weighted by molar-refractivity contribution is -0.127. The van der Waals surface area contributed by atoms with Gasteiger partial charge < -0.3 is 11.1 Å². The molecule has 2 fully saturated rings. The summed E-state index contributed by atoms with van der Waals surface area (Å²) in [5.74, 6) is 0.909. The number of carbonyl (C=O) groups is 1. The van der Waals surface area contributed by atoms with E-state index in [0.29, 0.717) is 12.0 Å². The normalized spacial score (nSPS) is 37.9. The highest BCUT2D eigenvalue weighted by Crippen LogP contribution is 2.26.